The van der Waals surface area contributed by atoms with Crippen molar-refractivity contribution in [1.82, 2.24) is 15.4 Å². The SMILES string of the molecule is CCNC(=NCc1ccc(S(=O)(=O)NC2CC2)cc1)NCc1ccccc1CC.I. The third-order valence-electron chi connectivity index (χ3n) is 4.84. The van der Waals surface area contributed by atoms with Crippen molar-refractivity contribution in [2.45, 2.75) is 57.1 Å². The fourth-order valence-corrected chi connectivity index (χ4v) is 4.33. The highest BCUT2D eigenvalue weighted by molar-refractivity contribution is 14.0. The summed E-state index contributed by atoms with van der Waals surface area (Å²) < 4.78 is 27.2. The number of guanidine groups is 1. The van der Waals surface area contributed by atoms with Crippen LogP contribution in [0.25, 0.3) is 0 Å². The summed E-state index contributed by atoms with van der Waals surface area (Å²) >= 11 is 0. The van der Waals surface area contributed by atoms with Crippen LogP contribution in [0.4, 0.5) is 0 Å². The first-order valence-corrected chi connectivity index (χ1v) is 11.7. The van der Waals surface area contributed by atoms with E-state index >= 15 is 0 Å². The van der Waals surface area contributed by atoms with E-state index in [1.54, 1.807) is 12.1 Å². The van der Waals surface area contributed by atoms with Gasteiger partial charge in [0.05, 0.1) is 11.4 Å². The van der Waals surface area contributed by atoms with E-state index in [2.05, 4.69) is 45.5 Å². The molecule has 1 aliphatic rings. The number of nitrogens with zero attached hydrogens (tertiary/aromatic N) is 1. The standard InChI is InChI=1S/C22H30N4O2S.HI/c1-3-18-7-5-6-8-19(18)16-25-22(23-4-2)24-15-17-9-13-21(14-10-17)29(27,28)26-20-11-12-20;/h5-10,13-14,20,26H,3-4,11-12,15-16H2,1-2H3,(H2,23,24,25);1H. The van der Waals surface area contributed by atoms with E-state index < -0.39 is 10.0 Å². The second kappa shape index (κ2) is 11.7. The Morgan fingerprint density at radius 1 is 1.00 bits per heavy atom. The molecule has 0 amide bonds. The molecule has 1 aliphatic carbocycles. The number of benzene rings is 2. The summed E-state index contributed by atoms with van der Waals surface area (Å²) in [4.78, 5) is 4.94. The molecule has 2 aromatic carbocycles. The minimum absolute atomic E-state index is 0. The first-order chi connectivity index (χ1) is 14.0. The lowest BCUT2D eigenvalue weighted by molar-refractivity contribution is 0.581. The summed E-state index contributed by atoms with van der Waals surface area (Å²) in [6.07, 6.45) is 2.85. The lowest BCUT2D eigenvalue weighted by Gasteiger charge is -2.13. The summed E-state index contributed by atoms with van der Waals surface area (Å²) in [5.74, 6) is 0.741. The lowest BCUT2D eigenvalue weighted by Crippen LogP contribution is -2.37. The van der Waals surface area contributed by atoms with Crippen LogP contribution in [-0.4, -0.2) is 27.0 Å². The number of hydrogen-bond acceptors (Lipinski definition) is 3. The molecule has 0 radical (unpaired) electrons. The predicted molar refractivity (Wildman–Crippen MR) is 133 cm³/mol. The molecule has 0 aliphatic heterocycles. The van der Waals surface area contributed by atoms with E-state index in [1.807, 2.05) is 25.1 Å². The number of halogens is 1. The van der Waals surface area contributed by atoms with Crippen molar-refractivity contribution in [3.63, 3.8) is 0 Å². The molecule has 8 heteroatoms. The van der Waals surface area contributed by atoms with Crippen LogP contribution in [0.2, 0.25) is 0 Å². The quantitative estimate of drug-likeness (QED) is 0.257. The zero-order valence-corrected chi connectivity index (χ0v) is 20.7. The van der Waals surface area contributed by atoms with Crippen molar-refractivity contribution in [3.8, 4) is 0 Å². The highest BCUT2D eigenvalue weighted by Gasteiger charge is 2.27. The second-order valence-corrected chi connectivity index (χ2v) is 8.92. The van der Waals surface area contributed by atoms with Crippen molar-refractivity contribution < 1.29 is 8.42 Å². The minimum Gasteiger partial charge on any atom is -0.357 e. The first kappa shape index (κ1) is 24.6. The maximum Gasteiger partial charge on any atom is 0.240 e. The fourth-order valence-electron chi connectivity index (χ4n) is 3.03. The predicted octanol–water partition coefficient (Wildman–Crippen LogP) is 3.56. The molecule has 0 aromatic heterocycles. The van der Waals surface area contributed by atoms with Crippen LogP contribution in [0, 0.1) is 0 Å². The van der Waals surface area contributed by atoms with Crippen molar-refractivity contribution >= 4 is 40.0 Å². The number of sulfonamides is 1. The van der Waals surface area contributed by atoms with Crippen LogP contribution < -0.4 is 15.4 Å². The van der Waals surface area contributed by atoms with Gasteiger partial charge >= 0.3 is 0 Å². The number of nitrogens with one attached hydrogen (secondary N) is 3. The number of hydrogen-bond donors (Lipinski definition) is 3. The average Bonchev–Trinajstić information content (AvgIpc) is 3.54. The van der Waals surface area contributed by atoms with Crippen molar-refractivity contribution in [3.05, 3.63) is 65.2 Å². The molecule has 0 saturated heterocycles. The average molecular weight is 542 g/mol. The zero-order chi connectivity index (χ0) is 20.7. The van der Waals surface area contributed by atoms with Crippen LogP contribution in [0.5, 0.6) is 0 Å². The first-order valence-electron chi connectivity index (χ1n) is 10.2. The minimum atomic E-state index is -3.41. The van der Waals surface area contributed by atoms with Crippen LogP contribution >= 0.6 is 24.0 Å². The van der Waals surface area contributed by atoms with E-state index in [9.17, 15) is 8.42 Å². The molecule has 0 unspecified atom stereocenters. The van der Waals surface area contributed by atoms with Crippen molar-refractivity contribution in [1.29, 1.82) is 0 Å². The zero-order valence-electron chi connectivity index (χ0n) is 17.5. The Hall–Kier alpha value is -1.65. The Bertz CT molecular complexity index is 942. The van der Waals surface area contributed by atoms with Gasteiger partial charge in [0.1, 0.15) is 0 Å². The molecular formula is C22H31IN4O2S. The van der Waals surface area contributed by atoms with Gasteiger partial charge in [-0.3, -0.25) is 0 Å². The Balaban J connectivity index is 0.00000320. The fraction of sp³-hybridized carbons (Fsp3) is 0.409. The molecule has 0 spiro atoms. The molecule has 0 atom stereocenters. The van der Waals surface area contributed by atoms with Crippen molar-refractivity contribution in [2.24, 2.45) is 4.99 Å². The summed E-state index contributed by atoms with van der Waals surface area (Å²) in [6, 6.07) is 15.4. The summed E-state index contributed by atoms with van der Waals surface area (Å²) in [5, 5.41) is 6.64. The van der Waals surface area contributed by atoms with E-state index in [1.165, 1.54) is 11.1 Å². The molecule has 1 fully saturated rings. The van der Waals surface area contributed by atoms with Crippen LogP contribution in [0.15, 0.2) is 58.4 Å². The highest BCUT2D eigenvalue weighted by Crippen LogP contribution is 2.22. The van der Waals surface area contributed by atoms with Gasteiger partial charge in [-0.2, -0.15) is 0 Å². The largest absolute Gasteiger partial charge is 0.357 e. The summed E-state index contributed by atoms with van der Waals surface area (Å²) in [6.45, 7) is 6.14. The van der Waals surface area contributed by atoms with E-state index in [0.29, 0.717) is 18.0 Å². The number of rotatable bonds is 9. The number of aliphatic imine (C=N–C) groups is 1. The van der Waals surface area contributed by atoms with Crippen LogP contribution in [0.3, 0.4) is 0 Å². The van der Waals surface area contributed by atoms with Gasteiger partial charge in [-0.15, -0.1) is 24.0 Å². The molecule has 1 saturated carbocycles. The Morgan fingerprint density at radius 2 is 1.67 bits per heavy atom. The van der Waals surface area contributed by atoms with E-state index in [4.69, 9.17) is 0 Å². The Morgan fingerprint density at radius 3 is 2.27 bits per heavy atom. The van der Waals surface area contributed by atoms with E-state index in [-0.39, 0.29) is 30.0 Å². The summed E-state index contributed by atoms with van der Waals surface area (Å²) in [7, 11) is -3.41. The van der Waals surface area contributed by atoms with Crippen molar-refractivity contribution in [2.75, 3.05) is 6.54 Å². The van der Waals surface area contributed by atoms with Gasteiger partial charge in [0.15, 0.2) is 5.96 Å². The molecule has 6 nitrogen and oxygen atoms in total. The number of aryl methyl sites for hydroxylation is 1. The van der Waals surface area contributed by atoms with Crippen LogP contribution in [0.1, 0.15) is 43.4 Å². The molecule has 3 N–H and O–H groups in total. The van der Waals surface area contributed by atoms with Gasteiger partial charge in [-0.25, -0.2) is 18.1 Å². The van der Waals surface area contributed by atoms with Crippen LogP contribution in [-0.2, 0) is 29.5 Å². The van der Waals surface area contributed by atoms with Gasteiger partial charge in [0.2, 0.25) is 10.0 Å². The lowest BCUT2D eigenvalue weighted by atomic mass is 10.1. The third-order valence-corrected chi connectivity index (χ3v) is 6.38. The molecule has 2 aromatic rings. The van der Waals surface area contributed by atoms with E-state index in [0.717, 1.165) is 37.3 Å². The monoisotopic (exact) mass is 542 g/mol. The van der Waals surface area contributed by atoms with Gasteiger partial charge in [0.25, 0.3) is 0 Å². The molecule has 0 bridgehead atoms. The normalized spacial score (nSPS) is 14.1. The highest BCUT2D eigenvalue weighted by atomic mass is 127. The van der Waals surface area contributed by atoms with Gasteiger partial charge in [-0.05, 0) is 55.0 Å². The molecule has 0 heterocycles. The second-order valence-electron chi connectivity index (χ2n) is 7.21. The molecule has 3 rings (SSSR count). The molecule has 164 valence electrons. The Labute approximate surface area is 197 Å². The summed E-state index contributed by atoms with van der Waals surface area (Å²) in [5.41, 5.74) is 3.55. The Kier molecular flexibility index (Phi) is 9.57. The van der Waals surface area contributed by atoms with Gasteiger partial charge in [-0.1, -0.05) is 43.3 Å². The third kappa shape index (κ3) is 7.24. The van der Waals surface area contributed by atoms with Gasteiger partial charge < -0.3 is 10.6 Å². The molecule has 30 heavy (non-hydrogen) atoms. The smallest absolute Gasteiger partial charge is 0.240 e. The maximum atomic E-state index is 12.3. The molecular weight excluding hydrogens is 511 g/mol. The maximum absolute atomic E-state index is 12.3. The topological polar surface area (TPSA) is 82.6 Å². The van der Waals surface area contributed by atoms with Gasteiger partial charge in [0, 0.05) is 19.1 Å².